The van der Waals surface area contributed by atoms with Crippen molar-refractivity contribution in [1.82, 2.24) is 0 Å². The number of allylic oxidation sites excluding steroid dienone is 1. The summed E-state index contributed by atoms with van der Waals surface area (Å²) in [6.45, 7) is 11.6. The van der Waals surface area contributed by atoms with Crippen LogP contribution in [-0.4, -0.2) is 14.9 Å². The molecule has 0 rings (SSSR count). The SMILES string of the molecule is CC(C)(C)[Si](C)(C)OCC#CC=C(Br)Br. The van der Waals surface area contributed by atoms with Gasteiger partial charge in [-0.05, 0) is 50.0 Å². The predicted octanol–water partition coefficient (Wildman–Crippen LogP) is 4.64. The van der Waals surface area contributed by atoms with E-state index in [1.807, 2.05) is 0 Å². The quantitative estimate of drug-likeness (QED) is 0.519. The summed E-state index contributed by atoms with van der Waals surface area (Å²) < 4.78 is 6.74. The summed E-state index contributed by atoms with van der Waals surface area (Å²) in [6, 6.07) is 0. The minimum atomic E-state index is -1.63. The molecule has 15 heavy (non-hydrogen) atoms. The zero-order valence-electron chi connectivity index (χ0n) is 9.95. The molecule has 0 aliphatic carbocycles. The summed E-state index contributed by atoms with van der Waals surface area (Å²) in [5, 5.41) is 0.251. The Morgan fingerprint density at radius 2 is 1.87 bits per heavy atom. The van der Waals surface area contributed by atoms with Crippen LogP contribution in [0.15, 0.2) is 9.47 Å². The van der Waals surface area contributed by atoms with Crippen LogP contribution in [0.1, 0.15) is 20.8 Å². The Morgan fingerprint density at radius 1 is 1.33 bits per heavy atom. The third-order valence-corrected chi connectivity index (χ3v) is 7.53. The Hall–Kier alpha value is 0.437. The molecule has 1 nitrogen and oxygen atoms in total. The largest absolute Gasteiger partial charge is 0.406 e. The van der Waals surface area contributed by atoms with Crippen molar-refractivity contribution in [2.24, 2.45) is 0 Å². The molecule has 4 heteroatoms. The van der Waals surface area contributed by atoms with Gasteiger partial charge in [-0.2, -0.15) is 0 Å². The third kappa shape index (κ3) is 6.57. The molecular weight excluding hydrogens is 336 g/mol. The molecule has 0 N–H and O–H groups in total. The van der Waals surface area contributed by atoms with Crippen LogP contribution in [0.4, 0.5) is 0 Å². The lowest BCUT2D eigenvalue weighted by Gasteiger charge is -2.35. The van der Waals surface area contributed by atoms with Crippen LogP contribution < -0.4 is 0 Å². The van der Waals surface area contributed by atoms with Crippen LogP contribution in [0.3, 0.4) is 0 Å². The molecule has 0 aliphatic rings. The van der Waals surface area contributed by atoms with Crippen LogP contribution in [-0.2, 0) is 4.43 Å². The van der Waals surface area contributed by atoms with Crippen molar-refractivity contribution in [2.75, 3.05) is 6.61 Å². The van der Waals surface area contributed by atoms with Crippen LogP contribution >= 0.6 is 31.9 Å². The maximum atomic E-state index is 5.88. The normalized spacial score (nSPS) is 11.7. The monoisotopic (exact) mass is 352 g/mol. The van der Waals surface area contributed by atoms with E-state index in [9.17, 15) is 0 Å². The van der Waals surface area contributed by atoms with Gasteiger partial charge in [-0.1, -0.05) is 32.6 Å². The number of rotatable bonds is 2. The van der Waals surface area contributed by atoms with E-state index in [0.29, 0.717) is 6.61 Å². The van der Waals surface area contributed by atoms with Crippen LogP contribution in [0.5, 0.6) is 0 Å². The first-order valence-electron chi connectivity index (χ1n) is 4.80. The van der Waals surface area contributed by atoms with E-state index in [4.69, 9.17) is 4.43 Å². The molecule has 0 bridgehead atoms. The lowest BCUT2D eigenvalue weighted by molar-refractivity contribution is 0.334. The van der Waals surface area contributed by atoms with Crippen molar-refractivity contribution in [1.29, 1.82) is 0 Å². The first-order chi connectivity index (χ1) is 6.67. The van der Waals surface area contributed by atoms with Gasteiger partial charge in [-0.15, -0.1) is 0 Å². The second-order valence-corrected chi connectivity index (χ2v) is 12.4. The predicted molar refractivity (Wildman–Crippen MR) is 76.9 cm³/mol. The minimum Gasteiger partial charge on any atom is -0.406 e. The molecule has 0 aromatic carbocycles. The molecule has 0 aromatic rings. The standard InChI is InChI=1S/C11H18Br2OSi/c1-11(2,3)15(4,5)14-9-7-6-8-10(12)13/h8H,9H2,1-5H3. The van der Waals surface area contributed by atoms with Crippen molar-refractivity contribution < 1.29 is 4.43 Å². The molecule has 0 unspecified atom stereocenters. The summed E-state index contributed by atoms with van der Waals surface area (Å²) in [7, 11) is -1.63. The maximum Gasteiger partial charge on any atom is 0.193 e. The second kappa shape index (κ2) is 6.24. The molecule has 0 spiro atoms. The van der Waals surface area contributed by atoms with E-state index in [-0.39, 0.29) is 5.04 Å². The Balaban J connectivity index is 4.16. The van der Waals surface area contributed by atoms with Gasteiger partial charge in [-0.3, -0.25) is 0 Å². The summed E-state index contributed by atoms with van der Waals surface area (Å²) in [5.74, 6) is 5.87. The fraction of sp³-hybridized carbons (Fsp3) is 0.636. The number of hydrogen-bond donors (Lipinski definition) is 0. The molecular formula is C11H18Br2OSi. The van der Waals surface area contributed by atoms with Gasteiger partial charge in [0.1, 0.15) is 0 Å². The van der Waals surface area contributed by atoms with Gasteiger partial charge >= 0.3 is 0 Å². The van der Waals surface area contributed by atoms with E-state index in [1.165, 1.54) is 0 Å². The molecule has 86 valence electrons. The maximum absolute atomic E-state index is 5.88. The van der Waals surface area contributed by atoms with Gasteiger partial charge in [0, 0.05) is 6.08 Å². The van der Waals surface area contributed by atoms with Gasteiger partial charge in [0.2, 0.25) is 0 Å². The Kier molecular flexibility index (Phi) is 6.42. The summed E-state index contributed by atoms with van der Waals surface area (Å²) in [6.07, 6.45) is 1.76. The van der Waals surface area contributed by atoms with E-state index < -0.39 is 8.32 Å². The Bertz CT molecular complexity index is 288. The van der Waals surface area contributed by atoms with Gasteiger partial charge in [0.05, 0.1) is 10.00 Å². The van der Waals surface area contributed by atoms with Gasteiger partial charge < -0.3 is 4.43 Å². The van der Waals surface area contributed by atoms with Gasteiger partial charge in [0.15, 0.2) is 8.32 Å². The molecule has 0 atom stereocenters. The van der Waals surface area contributed by atoms with E-state index >= 15 is 0 Å². The Morgan fingerprint density at radius 3 is 2.27 bits per heavy atom. The van der Waals surface area contributed by atoms with Crippen molar-refractivity contribution in [3.8, 4) is 11.8 Å². The molecule has 0 fully saturated rings. The number of halogens is 2. The van der Waals surface area contributed by atoms with Gasteiger partial charge in [-0.25, -0.2) is 0 Å². The summed E-state index contributed by atoms with van der Waals surface area (Å²) in [4.78, 5) is 0. The van der Waals surface area contributed by atoms with Crippen molar-refractivity contribution >= 4 is 40.2 Å². The average Bonchev–Trinajstić information content (AvgIpc) is 2.00. The van der Waals surface area contributed by atoms with Crippen molar-refractivity contribution in [2.45, 2.75) is 38.9 Å². The highest BCUT2D eigenvalue weighted by Crippen LogP contribution is 2.36. The first-order valence-corrected chi connectivity index (χ1v) is 9.30. The van der Waals surface area contributed by atoms with Crippen LogP contribution in [0.2, 0.25) is 18.1 Å². The lowest BCUT2D eigenvalue weighted by atomic mass is 10.2. The molecule has 0 saturated heterocycles. The average molecular weight is 354 g/mol. The zero-order chi connectivity index (χ0) is 12.1. The molecule has 0 radical (unpaired) electrons. The molecule has 0 amide bonds. The highest BCUT2D eigenvalue weighted by Gasteiger charge is 2.36. The topological polar surface area (TPSA) is 9.23 Å². The highest BCUT2D eigenvalue weighted by atomic mass is 79.9. The molecule has 0 saturated carbocycles. The fourth-order valence-corrected chi connectivity index (χ4v) is 1.68. The summed E-state index contributed by atoms with van der Waals surface area (Å²) >= 11 is 6.48. The summed E-state index contributed by atoms with van der Waals surface area (Å²) in [5.41, 5.74) is 0. The first kappa shape index (κ1) is 15.4. The van der Waals surface area contributed by atoms with Crippen molar-refractivity contribution in [3.05, 3.63) is 9.47 Å². The van der Waals surface area contributed by atoms with E-state index in [1.54, 1.807) is 6.08 Å². The van der Waals surface area contributed by atoms with Crippen molar-refractivity contribution in [3.63, 3.8) is 0 Å². The van der Waals surface area contributed by atoms with Gasteiger partial charge in [0.25, 0.3) is 0 Å². The van der Waals surface area contributed by atoms with Crippen LogP contribution in [0, 0.1) is 11.8 Å². The third-order valence-electron chi connectivity index (χ3n) is 2.59. The highest BCUT2D eigenvalue weighted by molar-refractivity contribution is 9.28. The smallest absolute Gasteiger partial charge is 0.193 e. The number of hydrogen-bond acceptors (Lipinski definition) is 1. The fourth-order valence-electron chi connectivity index (χ4n) is 0.580. The minimum absolute atomic E-state index is 0.251. The molecule has 0 aromatic heterocycles. The molecule has 0 heterocycles. The lowest BCUT2D eigenvalue weighted by Crippen LogP contribution is -2.40. The zero-order valence-corrected chi connectivity index (χ0v) is 14.1. The molecule has 0 aliphatic heterocycles. The second-order valence-electron chi connectivity index (χ2n) is 4.80. The van der Waals surface area contributed by atoms with Crippen LogP contribution in [0.25, 0.3) is 0 Å². The van der Waals surface area contributed by atoms with E-state index in [0.717, 1.165) is 3.39 Å². The Labute approximate surface area is 111 Å². The van der Waals surface area contributed by atoms with E-state index in [2.05, 4.69) is 77.6 Å².